The number of hydrogen-bond acceptors (Lipinski definition) is 4. The number of oxime groups is 1. The zero-order valence-electron chi connectivity index (χ0n) is 12.1. The maximum Gasteiger partial charge on any atom is 0.170 e. The Balaban J connectivity index is 1.74. The number of benzene rings is 1. The lowest BCUT2D eigenvalue weighted by molar-refractivity contribution is 0.270. The first kappa shape index (κ1) is 14.7. The van der Waals surface area contributed by atoms with Crippen molar-refractivity contribution in [2.45, 2.75) is 32.2 Å². The fourth-order valence-electron chi connectivity index (χ4n) is 2.27. The smallest absolute Gasteiger partial charge is 0.170 e. The summed E-state index contributed by atoms with van der Waals surface area (Å²) in [5.41, 5.74) is 6.38. The Bertz CT molecular complexity index is 465. The van der Waals surface area contributed by atoms with Gasteiger partial charge in [0.25, 0.3) is 0 Å². The van der Waals surface area contributed by atoms with Crippen LogP contribution in [-0.4, -0.2) is 29.7 Å². The molecule has 1 aliphatic carbocycles. The first-order chi connectivity index (χ1) is 9.53. The first-order valence-corrected chi connectivity index (χ1v) is 6.99. The number of nitrogens with zero attached hydrogens (tertiary/aromatic N) is 1. The predicted molar refractivity (Wildman–Crippen MR) is 79.3 cm³/mol. The highest BCUT2D eigenvalue weighted by atomic mass is 16.5. The Morgan fingerprint density at radius 2 is 2.05 bits per heavy atom. The van der Waals surface area contributed by atoms with E-state index in [1.165, 1.54) is 12.8 Å². The lowest BCUT2D eigenvalue weighted by Gasteiger charge is -2.26. The van der Waals surface area contributed by atoms with E-state index in [0.29, 0.717) is 12.2 Å². The highest BCUT2D eigenvalue weighted by Crippen LogP contribution is 2.38. The van der Waals surface area contributed by atoms with Crippen molar-refractivity contribution in [2.75, 3.05) is 13.2 Å². The molecule has 2 rings (SSSR count). The van der Waals surface area contributed by atoms with E-state index in [-0.39, 0.29) is 11.4 Å². The van der Waals surface area contributed by atoms with Crippen LogP contribution < -0.4 is 15.8 Å². The molecule has 110 valence electrons. The number of rotatable bonds is 7. The van der Waals surface area contributed by atoms with Crippen molar-refractivity contribution in [3.63, 3.8) is 0 Å². The van der Waals surface area contributed by atoms with Crippen LogP contribution >= 0.6 is 0 Å². The van der Waals surface area contributed by atoms with Crippen LogP contribution in [0.25, 0.3) is 0 Å². The third-order valence-corrected chi connectivity index (χ3v) is 3.81. The molecular formula is C15H23N3O2. The molecule has 0 spiro atoms. The number of ether oxygens (including phenoxy) is 1. The maximum atomic E-state index is 8.58. The molecule has 4 N–H and O–H groups in total. The molecule has 1 aliphatic rings. The molecule has 1 aromatic rings. The Hall–Kier alpha value is -1.75. The summed E-state index contributed by atoms with van der Waals surface area (Å²) in [4.78, 5) is 0. The van der Waals surface area contributed by atoms with Gasteiger partial charge in [0.2, 0.25) is 0 Å². The van der Waals surface area contributed by atoms with Crippen LogP contribution in [0.15, 0.2) is 29.4 Å². The molecule has 0 bridgehead atoms. The summed E-state index contributed by atoms with van der Waals surface area (Å²) >= 11 is 0. The van der Waals surface area contributed by atoms with Gasteiger partial charge in [-0.25, -0.2) is 0 Å². The van der Waals surface area contributed by atoms with E-state index >= 15 is 0 Å². The maximum absolute atomic E-state index is 8.58. The second-order valence-electron chi connectivity index (χ2n) is 5.78. The van der Waals surface area contributed by atoms with Gasteiger partial charge in [0, 0.05) is 17.6 Å². The molecule has 1 aromatic carbocycles. The minimum atomic E-state index is 0.101. The zero-order chi connectivity index (χ0) is 14.6. The zero-order valence-corrected chi connectivity index (χ0v) is 12.1. The fourth-order valence-corrected chi connectivity index (χ4v) is 2.27. The Labute approximate surface area is 119 Å². The Morgan fingerprint density at radius 1 is 1.40 bits per heavy atom. The molecule has 20 heavy (non-hydrogen) atoms. The monoisotopic (exact) mass is 277 g/mol. The molecule has 0 saturated heterocycles. The summed E-state index contributed by atoms with van der Waals surface area (Å²) in [6.45, 7) is 5.94. The van der Waals surface area contributed by atoms with Gasteiger partial charge in [0.1, 0.15) is 12.4 Å². The average molecular weight is 277 g/mol. The lowest BCUT2D eigenvalue weighted by Crippen LogP contribution is -2.43. The number of nitrogens with two attached hydrogens (primary N) is 1. The third-order valence-electron chi connectivity index (χ3n) is 3.81. The van der Waals surface area contributed by atoms with E-state index in [1.807, 2.05) is 12.1 Å². The van der Waals surface area contributed by atoms with Crippen molar-refractivity contribution in [3.8, 4) is 5.75 Å². The summed E-state index contributed by atoms with van der Waals surface area (Å²) in [6, 6.07) is 7.18. The van der Waals surface area contributed by atoms with Crippen molar-refractivity contribution in [2.24, 2.45) is 16.8 Å². The summed E-state index contributed by atoms with van der Waals surface area (Å²) in [5, 5.41) is 15.1. The average Bonchev–Trinajstić information content (AvgIpc) is 3.28. The molecule has 0 aliphatic heterocycles. The van der Waals surface area contributed by atoms with E-state index in [2.05, 4.69) is 24.3 Å². The predicted octanol–water partition coefficient (Wildman–Crippen LogP) is 1.94. The minimum absolute atomic E-state index is 0.101. The summed E-state index contributed by atoms with van der Waals surface area (Å²) in [5.74, 6) is 1.69. The van der Waals surface area contributed by atoms with Gasteiger partial charge in [0.05, 0.1) is 0 Å². The fraction of sp³-hybridized carbons (Fsp3) is 0.533. The van der Waals surface area contributed by atoms with Gasteiger partial charge in [0.15, 0.2) is 5.84 Å². The number of hydrogen-bond donors (Lipinski definition) is 3. The third kappa shape index (κ3) is 3.87. The normalized spacial score (nSPS) is 16.2. The van der Waals surface area contributed by atoms with Gasteiger partial charge in [-0.05, 0) is 56.9 Å². The summed E-state index contributed by atoms with van der Waals surface area (Å²) < 4.78 is 5.66. The van der Waals surface area contributed by atoms with Crippen LogP contribution in [0.4, 0.5) is 0 Å². The van der Waals surface area contributed by atoms with Crippen LogP contribution in [0, 0.1) is 5.92 Å². The van der Waals surface area contributed by atoms with E-state index in [9.17, 15) is 0 Å². The quantitative estimate of drug-likeness (QED) is 0.234. The highest BCUT2D eigenvalue weighted by Gasteiger charge is 2.36. The number of amidine groups is 1. The van der Waals surface area contributed by atoms with E-state index in [1.54, 1.807) is 12.1 Å². The van der Waals surface area contributed by atoms with Crippen molar-refractivity contribution in [1.82, 2.24) is 5.32 Å². The molecule has 0 aromatic heterocycles. The van der Waals surface area contributed by atoms with Crippen molar-refractivity contribution in [3.05, 3.63) is 29.8 Å². The van der Waals surface area contributed by atoms with E-state index in [0.717, 1.165) is 18.2 Å². The largest absolute Gasteiger partial charge is 0.492 e. The van der Waals surface area contributed by atoms with Gasteiger partial charge >= 0.3 is 0 Å². The van der Waals surface area contributed by atoms with Gasteiger partial charge in [-0.2, -0.15) is 0 Å². The summed E-state index contributed by atoms with van der Waals surface area (Å²) in [6.07, 6.45) is 2.66. The standard InChI is InChI=1S/C15H23N3O2/c1-15(2,12-5-6-12)17-9-10-20-13-7-3-11(4-8-13)14(16)18-19/h3-4,7-8,12,17,19H,5-6,9-10H2,1-2H3,(H2,16,18). The second-order valence-corrected chi connectivity index (χ2v) is 5.78. The number of nitrogens with one attached hydrogen (secondary N) is 1. The van der Waals surface area contributed by atoms with E-state index < -0.39 is 0 Å². The van der Waals surface area contributed by atoms with Gasteiger partial charge in [-0.1, -0.05) is 5.16 Å². The van der Waals surface area contributed by atoms with Crippen LogP contribution in [0.3, 0.4) is 0 Å². The first-order valence-electron chi connectivity index (χ1n) is 6.99. The van der Waals surface area contributed by atoms with Crippen molar-refractivity contribution < 1.29 is 9.94 Å². The van der Waals surface area contributed by atoms with Crippen LogP contribution in [0.2, 0.25) is 0 Å². The highest BCUT2D eigenvalue weighted by molar-refractivity contribution is 5.97. The van der Waals surface area contributed by atoms with Gasteiger partial charge in [-0.3, -0.25) is 0 Å². The lowest BCUT2D eigenvalue weighted by atomic mass is 9.99. The van der Waals surface area contributed by atoms with Gasteiger partial charge in [-0.15, -0.1) is 0 Å². The molecule has 0 heterocycles. The van der Waals surface area contributed by atoms with Gasteiger partial charge < -0.3 is 21.0 Å². The Morgan fingerprint density at radius 3 is 2.60 bits per heavy atom. The molecule has 0 unspecified atom stereocenters. The van der Waals surface area contributed by atoms with Crippen molar-refractivity contribution in [1.29, 1.82) is 0 Å². The molecule has 5 nitrogen and oxygen atoms in total. The molecule has 0 radical (unpaired) electrons. The molecule has 1 fully saturated rings. The van der Waals surface area contributed by atoms with Crippen LogP contribution in [0.1, 0.15) is 32.3 Å². The molecule has 0 atom stereocenters. The second kappa shape index (κ2) is 6.13. The SMILES string of the molecule is CC(C)(NCCOc1ccc(/C(N)=N/O)cc1)C1CC1. The topological polar surface area (TPSA) is 79.9 Å². The minimum Gasteiger partial charge on any atom is -0.492 e. The van der Waals surface area contributed by atoms with Crippen molar-refractivity contribution >= 4 is 5.84 Å². The van der Waals surface area contributed by atoms with Crippen LogP contribution in [0.5, 0.6) is 5.75 Å². The molecule has 5 heteroatoms. The van der Waals surface area contributed by atoms with E-state index in [4.69, 9.17) is 15.7 Å². The molecule has 0 amide bonds. The Kier molecular flexibility index (Phi) is 4.49. The molecular weight excluding hydrogens is 254 g/mol. The van der Waals surface area contributed by atoms with Crippen LogP contribution in [-0.2, 0) is 0 Å². The molecule has 1 saturated carbocycles. The summed E-state index contributed by atoms with van der Waals surface area (Å²) in [7, 11) is 0.